The average molecular weight is 279 g/mol. The summed E-state index contributed by atoms with van der Waals surface area (Å²) in [6.45, 7) is 6.56. The largest absolute Gasteiger partial charge is 0.462 e. The normalized spacial score (nSPS) is 11.8. The number of fused-ring (bicyclic) bond motifs is 1. The van der Waals surface area contributed by atoms with E-state index in [4.69, 9.17) is 4.74 Å². The summed E-state index contributed by atoms with van der Waals surface area (Å²) >= 11 is 0. The first-order chi connectivity index (χ1) is 9.27. The quantitative estimate of drug-likeness (QED) is 0.725. The highest BCUT2D eigenvalue weighted by Gasteiger charge is 2.31. The molecule has 7 heteroatoms. The molecule has 2 aromatic heterocycles. The minimum absolute atomic E-state index is 0.145. The predicted molar refractivity (Wildman–Crippen MR) is 72.7 cm³/mol. The van der Waals surface area contributed by atoms with Crippen molar-refractivity contribution in [2.24, 2.45) is 0 Å². The molecule has 2 aromatic rings. The van der Waals surface area contributed by atoms with Crippen LogP contribution in [0.5, 0.6) is 0 Å². The van der Waals surface area contributed by atoms with Gasteiger partial charge < -0.3 is 14.8 Å². The Balaban J connectivity index is 2.92. The van der Waals surface area contributed by atoms with Gasteiger partial charge in [-0.1, -0.05) is 0 Å². The minimum Gasteiger partial charge on any atom is -0.462 e. The van der Waals surface area contributed by atoms with Crippen molar-refractivity contribution >= 4 is 17.0 Å². The first kappa shape index (κ1) is 14.3. The van der Waals surface area contributed by atoms with Crippen LogP contribution >= 0.6 is 0 Å². The third-order valence-electron chi connectivity index (χ3n) is 3.00. The Labute approximate surface area is 115 Å². The van der Waals surface area contributed by atoms with Crippen molar-refractivity contribution in [3.8, 4) is 0 Å². The van der Waals surface area contributed by atoms with Crippen LogP contribution in [0.4, 0.5) is 0 Å². The molecule has 0 saturated heterocycles. The Kier molecular flexibility index (Phi) is 3.39. The maximum atomic E-state index is 12.1. The van der Waals surface area contributed by atoms with Gasteiger partial charge in [-0.2, -0.15) is 5.10 Å². The molecular formula is C13H17N3O4. The van der Waals surface area contributed by atoms with E-state index in [-0.39, 0.29) is 17.7 Å². The third kappa shape index (κ3) is 2.20. The van der Waals surface area contributed by atoms with E-state index in [1.807, 2.05) is 0 Å². The number of hydrogen-bond donors (Lipinski definition) is 3. The zero-order valence-corrected chi connectivity index (χ0v) is 11.8. The summed E-state index contributed by atoms with van der Waals surface area (Å²) in [5, 5.41) is 17.6. The number of H-pyrrole nitrogens is 2. The van der Waals surface area contributed by atoms with Gasteiger partial charge in [0.1, 0.15) is 5.56 Å². The van der Waals surface area contributed by atoms with Gasteiger partial charge >= 0.3 is 5.97 Å². The second-order valence-electron chi connectivity index (χ2n) is 5.06. The summed E-state index contributed by atoms with van der Waals surface area (Å²) in [4.78, 5) is 26.7. The summed E-state index contributed by atoms with van der Waals surface area (Å²) in [6, 6.07) is 0. The van der Waals surface area contributed by atoms with E-state index in [9.17, 15) is 14.7 Å². The molecule has 0 aliphatic rings. The Hall–Kier alpha value is -2.15. The third-order valence-corrected chi connectivity index (χ3v) is 3.00. The van der Waals surface area contributed by atoms with Crippen molar-refractivity contribution in [2.45, 2.75) is 33.3 Å². The highest BCUT2D eigenvalue weighted by molar-refractivity contribution is 5.97. The molecule has 108 valence electrons. The Morgan fingerprint density at radius 2 is 2.10 bits per heavy atom. The Morgan fingerprint density at radius 3 is 2.65 bits per heavy atom. The lowest BCUT2D eigenvalue weighted by molar-refractivity contribution is 0.0488. The van der Waals surface area contributed by atoms with Gasteiger partial charge in [-0.15, -0.1) is 0 Å². The molecule has 0 atom stereocenters. The molecule has 0 aliphatic heterocycles. The summed E-state index contributed by atoms with van der Waals surface area (Å²) in [5.41, 5.74) is -1.02. The zero-order valence-electron chi connectivity index (χ0n) is 11.8. The van der Waals surface area contributed by atoms with Crippen molar-refractivity contribution in [3.63, 3.8) is 0 Å². The Bertz CT molecular complexity index is 722. The SMILES string of the molecule is CCOC(=O)c1c(C(C)(C)O)c2c(C)[nH]nc2[nH]c1=O. The molecule has 2 rings (SSSR count). The Morgan fingerprint density at radius 1 is 1.45 bits per heavy atom. The van der Waals surface area contributed by atoms with Crippen molar-refractivity contribution < 1.29 is 14.6 Å². The number of aromatic amines is 2. The molecule has 2 heterocycles. The van der Waals surface area contributed by atoms with Crippen LogP contribution < -0.4 is 5.56 Å². The summed E-state index contributed by atoms with van der Waals surface area (Å²) < 4.78 is 4.91. The van der Waals surface area contributed by atoms with Gasteiger partial charge in [0.25, 0.3) is 5.56 Å². The van der Waals surface area contributed by atoms with Gasteiger partial charge in [-0.3, -0.25) is 9.89 Å². The fraction of sp³-hybridized carbons (Fsp3) is 0.462. The molecule has 0 saturated carbocycles. The highest BCUT2D eigenvalue weighted by atomic mass is 16.5. The number of hydrogen-bond acceptors (Lipinski definition) is 5. The first-order valence-corrected chi connectivity index (χ1v) is 6.28. The summed E-state index contributed by atoms with van der Waals surface area (Å²) in [5.74, 6) is -0.756. The lowest BCUT2D eigenvalue weighted by atomic mass is 9.91. The average Bonchev–Trinajstić information content (AvgIpc) is 2.68. The van der Waals surface area contributed by atoms with Crippen molar-refractivity contribution in [1.29, 1.82) is 0 Å². The number of carbonyl (C=O) groups excluding carboxylic acids is 1. The zero-order chi connectivity index (χ0) is 15.1. The summed E-state index contributed by atoms with van der Waals surface area (Å²) in [6.07, 6.45) is 0. The van der Waals surface area contributed by atoms with Crippen LogP contribution in [0, 0.1) is 6.92 Å². The molecule has 0 fully saturated rings. The van der Waals surface area contributed by atoms with E-state index >= 15 is 0 Å². The number of aryl methyl sites for hydroxylation is 1. The maximum absolute atomic E-state index is 12.1. The molecule has 7 nitrogen and oxygen atoms in total. The summed E-state index contributed by atoms with van der Waals surface area (Å²) in [7, 11) is 0. The smallest absolute Gasteiger partial charge is 0.344 e. The lowest BCUT2D eigenvalue weighted by Crippen LogP contribution is -2.29. The van der Waals surface area contributed by atoms with Gasteiger partial charge in [0.2, 0.25) is 0 Å². The number of nitrogens with one attached hydrogen (secondary N) is 2. The molecule has 0 amide bonds. The molecule has 0 aliphatic carbocycles. The van der Waals surface area contributed by atoms with E-state index in [1.54, 1.807) is 13.8 Å². The van der Waals surface area contributed by atoms with Crippen LogP contribution in [-0.2, 0) is 10.3 Å². The number of aliphatic hydroxyl groups is 1. The topological polar surface area (TPSA) is 108 Å². The van der Waals surface area contributed by atoms with Gasteiger partial charge in [0, 0.05) is 16.6 Å². The van der Waals surface area contributed by atoms with E-state index in [1.165, 1.54) is 13.8 Å². The van der Waals surface area contributed by atoms with Crippen LogP contribution in [0.3, 0.4) is 0 Å². The predicted octanol–water partition coefficient (Wildman–Crippen LogP) is 0.964. The number of ether oxygens (including phenoxy) is 1. The molecule has 3 N–H and O–H groups in total. The van der Waals surface area contributed by atoms with Gasteiger partial charge in [0.05, 0.1) is 12.2 Å². The molecule has 20 heavy (non-hydrogen) atoms. The van der Waals surface area contributed by atoms with Crippen molar-refractivity contribution in [2.75, 3.05) is 6.61 Å². The van der Waals surface area contributed by atoms with Crippen LogP contribution in [0.25, 0.3) is 11.0 Å². The van der Waals surface area contributed by atoms with E-state index in [2.05, 4.69) is 15.2 Å². The van der Waals surface area contributed by atoms with E-state index in [0.29, 0.717) is 16.7 Å². The van der Waals surface area contributed by atoms with Crippen LogP contribution in [-0.4, -0.2) is 32.9 Å². The maximum Gasteiger partial charge on any atom is 0.344 e. The van der Waals surface area contributed by atoms with Crippen LogP contribution in [0.15, 0.2) is 4.79 Å². The number of pyridine rings is 1. The van der Waals surface area contributed by atoms with E-state index < -0.39 is 17.1 Å². The van der Waals surface area contributed by atoms with Crippen LogP contribution in [0.2, 0.25) is 0 Å². The highest BCUT2D eigenvalue weighted by Crippen LogP contribution is 2.30. The number of nitrogens with zero attached hydrogens (tertiary/aromatic N) is 1. The molecule has 0 aromatic carbocycles. The number of carbonyl (C=O) groups is 1. The molecule has 0 bridgehead atoms. The lowest BCUT2D eigenvalue weighted by Gasteiger charge is -2.21. The van der Waals surface area contributed by atoms with Crippen molar-refractivity contribution in [1.82, 2.24) is 15.2 Å². The number of rotatable bonds is 3. The van der Waals surface area contributed by atoms with Gasteiger partial charge in [0.15, 0.2) is 5.65 Å². The standard InChI is InChI=1S/C13H17N3O4/c1-5-20-12(18)8-9(13(3,4)19)7-6(2)15-16-10(7)14-11(8)17/h19H,5H2,1-4H3,(H2,14,15,16,17). The fourth-order valence-corrected chi connectivity index (χ4v) is 2.24. The second kappa shape index (κ2) is 4.75. The second-order valence-corrected chi connectivity index (χ2v) is 5.06. The molecule has 0 spiro atoms. The molecular weight excluding hydrogens is 262 g/mol. The van der Waals surface area contributed by atoms with Crippen LogP contribution in [0.1, 0.15) is 42.4 Å². The number of aromatic nitrogens is 3. The van der Waals surface area contributed by atoms with E-state index in [0.717, 1.165) is 0 Å². The minimum atomic E-state index is -1.39. The van der Waals surface area contributed by atoms with Gasteiger partial charge in [-0.25, -0.2) is 4.79 Å². The molecule has 0 unspecified atom stereocenters. The first-order valence-electron chi connectivity index (χ1n) is 6.28. The molecule has 0 radical (unpaired) electrons. The van der Waals surface area contributed by atoms with Gasteiger partial charge in [-0.05, 0) is 27.7 Å². The fourth-order valence-electron chi connectivity index (χ4n) is 2.24. The monoisotopic (exact) mass is 279 g/mol. The number of esters is 1. The van der Waals surface area contributed by atoms with Crippen molar-refractivity contribution in [3.05, 3.63) is 27.2 Å².